The summed E-state index contributed by atoms with van der Waals surface area (Å²) in [5, 5.41) is 16.3. The molecule has 2 aromatic heterocycles. The number of hydrogen-bond donors (Lipinski definition) is 1. The first kappa shape index (κ1) is 26.1. The second kappa shape index (κ2) is 10.4. The molecule has 5 rings (SSSR count). The van der Waals surface area contributed by atoms with Gasteiger partial charge < -0.3 is 4.98 Å². The van der Waals surface area contributed by atoms with Crippen LogP contribution in [0.4, 0.5) is 18.9 Å². The number of halogens is 3. The Balaban J connectivity index is 1.53. The second-order valence-corrected chi connectivity index (χ2v) is 9.58. The summed E-state index contributed by atoms with van der Waals surface area (Å²) in [6.45, 7) is -0.139. The van der Waals surface area contributed by atoms with Gasteiger partial charge in [0.05, 0.1) is 23.2 Å². The minimum atomic E-state index is -4.52. The molecule has 0 aliphatic heterocycles. The fourth-order valence-electron chi connectivity index (χ4n) is 4.98. The number of nitro groups is 1. The van der Waals surface area contributed by atoms with Crippen LogP contribution in [0.1, 0.15) is 59.2 Å². The summed E-state index contributed by atoms with van der Waals surface area (Å²) in [5.41, 5.74) is -1.99. The molecule has 1 atom stereocenters. The van der Waals surface area contributed by atoms with Crippen LogP contribution in [0.5, 0.6) is 0 Å². The van der Waals surface area contributed by atoms with Crippen LogP contribution in [-0.2, 0) is 19.1 Å². The van der Waals surface area contributed by atoms with E-state index in [0.717, 1.165) is 17.1 Å². The monoisotopic (exact) mass is 539 g/mol. The molecule has 0 saturated heterocycles. The number of aromatic nitrogens is 4. The lowest BCUT2D eigenvalue weighted by Crippen LogP contribution is -2.42. The second-order valence-electron chi connectivity index (χ2n) is 9.58. The molecule has 0 radical (unpaired) electrons. The molecule has 2 aromatic carbocycles. The molecule has 202 valence electrons. The Labute approximate surface area is 219 Å². The van der Waals surface area contributed by atoms with Gasteiger partial charge in [0.2, 0.25) is 0 Å². The van der Waals surface area contributed by atoms with Crippen molar-refractivity contribution in [1.82, 2.24) is 19.3 Å². The molecule has 1 saturated carbocycles. The van der Waals surface area contributed by atoms with Gasteiger partial charge >= 0.3 is 23.1 Å². The fourth-order valence-corrected chi connectivity index (χ4v) is 4.98. The molecule has 0 amide bonds. The predicted octanol–water partition coefficient (Wildman–Crippen LogP) is 4.81. The minimum absolute atomic E-state index is 0.0406. The number of rotatable bonds is 8. The normalized spacial score (nSPS) is 14.6. The van der Waals surface area contributed by atoms with Crippen molar-refractivity contribution in [2.24, 2.45) is 0 Å². The number of H-pyrrole nitrogens is 1. The van der Waals surface area contributed by atoms with E-state index in [0.29, 0.717) is 24.0 Å². The number of benzene rings is 2. The van der Waals surface area contributed by atoms with Crippen molar-refractivity contribution in [3.63, 3.8) is 0 Å². The molecule has 1 fully saturated rings. The maximum atomic E-state index is 13.4. The SMILES string of the molecule is O=c1[nH]c(C(Cc2cnn(Cc3ccccc3C(F)(F)F)c2)c2ccccc2)c([N+](=O)[O-])c(=O)n1C1CCC1. The van der Waals surface area contributed by atoms with Crippen molar-refractivity contribution < 1.29 is 18.1 Å². The van der Waals surface area contributed by atoms with Crippen LogP contribution in [-0.4, -0.2) is 24.3 Å². The number of alkyl halides is 3. The molecular weight excluding hydrogens is 515 g/mol. The molecule has 1 aliphatic rings. The Morgan fingerprint density at radius 2 is 1.77 bits per heavy atom. The maximum Gasteiger partial charge on any atom is 0.416 e. The summed E-state index contributed by atoms with van der Waals surface area (Å²) < 4.78 is 42.6. The van der Waals surface area contributed by atoms with Crippen LogP contribution in [0.2, 0.25) is 0 Å². The van der Waals surface area contributed by atoms with Gasteiger partial charge in [-0.1, -0.05) is 48.5 Å². The van der Waals surface area contributed by atoms with Crippen molar-refractivity contribution in [3.05, 3.63) is 126 Å². The van der Waals surface area contributed by atoms with Crippen LogP contribution < -0.4 is 11.2 Å². The highest BCUT2D eigenvalue weighted by molar-refractivity contribution is 5.42. The number of nitrogens with zero attached hydrogens (tertiary/aromatic N) is 4. The van der Waals surface area contributed by atoms with Gasteiger partial charge in [-0.2, -0.15) is 18.3 Å². The van der Waals surface area contributed by atoms with Crippen LogP contribution >= 0.6 is 0 Å². The summed E-state index contributed by atoms with van der Waals surface area (Å²) in [5.74, 6) is -0.789. The molecule has 1 aliphatic carbocycles. The van der Waals surface area contributed by atoms with Gasteiger partial charge in [0.25, 0.3) is 0 Å². The molecular formula is C27H24F3N5O4. The van der Waals surface area contributed by atoms with Crippen LogP contribution in [0.25, 0.3) is 0 Å². The van der Waals surface area contributed by atoms with E-state index in [1.165, 1.54) is 29.1 Å². The van der Waals surface area contributed by atoms with E-state index in [2.05, 4.69) is 10.1 Å². The average molecular weight is 540 g/mol. The Kier molecular flexibility index (Phi) is 6.94. The van der Waals surface area contributed by atoms with Crippen molar-refractivity contribution in [1.29, 1.82) is 0 Å². The van der Waals surface area contributed by atoms with Gasteiger partial charge in [-0.05, 0) is 48.4 Å². The number of hydrogen-bond acceptors (Lipinski definition) is 5. The lowest BCUT2D eigenvalue weighted by atomic mass is 9.89. The number of aromatic amines is 1. The molecule has 12 heteroatoms. The lowest BCUT2D eigenvalue weighted by Gasteiger charge is -2.27. The standard InChI is InChI=1S/C27H24F3N5O4/c28-27(29,30)22-12-5-4-9-19(22)16-33-15-17(14-31-33)13-21(18-7-2-1-3-8-18)23-24(35(38)39)25(36)34(26(37)32-23)20-10-6-11-20/h1-5,7-9,12,14-15,20-21H,6,10-11,13,16H2,(H,32,37). The summed E-state index contributed by atoms with van der Waals surface area (Å²) in [6, 6.07) is 13.5. The van der Waals surface area contributed by atoms with E-state index in [9.17, 15) is 32.9 Å². The van der Waals surface area contributed by atoms with Crippen molar-refractivity contribution in [2.45, 2.75) is 50.4 Å². The summed E-state index contributed by atoms with van der Waals surface area (Å²) in [7, 11) is 0. The van der Waals surface area contributed by atoms with Gasteiger partial charge in [0, 0.05) is 18.2 Å². The van der Waals surface area contributed by atoms with Crippen LogP contribution in [0, 0.1) is 10.1 Å². The van der Waals surface area contributed by atoms with Crippen LogP contribution in [0.15, 0.2) is 76.6 Å². The smallest absolute Gasteiger partial charge is 0.304 e. The Bertz CT molecular complexity index is 1620. The van der Waals surface area contributed by atoms with E-state index in [1.54, 1.807) is 36.5 Å². The van der Waals surface area contributed by atoms with Crippen molar-refractivity contribution in [3.8, 4) is 0 Å². The van der Waals surface area contributed by atoms with E-state index in [-0.39, 0.29) is 30.3 Å². The third kappa shape index (κ3) is 5.27. The van der Waals surface area contributed by atoms with Crippen molar-refractivity contribution >= 4 is 5.69 Å². The van der Waals surface area contributed by atoms with Crippen LogP contribution in [0.3, 0.4) is 0 Å². The van der Waals surface area contributed by atoms with E-state index in [1.807, 2.05) is 0 Å². The highest BCUT2D eigenvalue weighted by Crippen LogP contribution is 2.34. The summed E-state index contributed by atoms with van der Waals surface area (Å²) >= 11 is 0. The molecule has 9 nitrogen and oxygen atoms in total. The number of nitrogens with one attached hydrogen (secondary N) is 1. The summed E-state index contributed by atoms with van der Waals surface area (Å²) in [4.78, 5) is 40.1. The van der Waals surface area contributed by atoms with Gasteiger partial charge in [-0.25, -0.2) is 4.79 Å². The van der Waals surface area contributed by atoms with Gasteiger partial charge in [-0.15, -0.1) is 0 Å². The van der Waals surface area contributed by atoms with E-state index in [4.69, 9.17) is 0 Å². The Morgan fingerprint density at radius 3 is 2.41 bits per heavy atom. The predicted molar refractivity (Wildman–Crippen MR) is 136 cm³/mol. The molecule has 1 unspecified atom stereocenters. The minimum Gasteiger partial charge on any atom is -0.304 e. The van der Waals surface area contributed by atoms with Crippen molar-refractivity contribution in [2.75, 3.05) is 0 Å². The third-order valence-electron chi connectivity index (χ3n) is 7.09. The first-order chi connectivity index (χ1) is 18.6. The average Bonchev–Trinajstić information content (AvgIpc) is 3.30. The zero-order valence-electron chi connectivity index (χ0n) is 20.6. The Morgan fingerprint density at radius 1 is 1.08 bits per heavy atom. The largest absolute Gasteiger partial charge is 0.416 e. The third-order valence-corrected chi connectivity index (χ3v) is 7.09. The zero-order chi connectivity index (χ0) is 27.7. The fraction of sp³-hybridized carbons (Fsp3) is 0.296. The first-order valence-corrected chi connectivity index (χ1v) is 12.4. The quantitative estimate of drug-likeness (QED) is 0.255. The van der Waals surface area contributed by atoms with Gasteiger partial charge in [-0.3, -0.25) is 24.2 Å². The molecule has 0 bridgehead atoms. The highest BCUT2D eigenvalue weighted by Gasteiger charge is 2.35. The summed E-state index contributed by atoms with van der Waals surface area (Å²) in [6.07, 6.45) is 0.630. The topological polar surface area (TPSA) is 116 Å². The molecule has 4 aromatic rings. The molecule has 2 heterocycles. The van der Waals surface area contributed by atoms with Gasteiger partial charge in [0.15, 0.2) is 0 Å². The molecule has 1 N–H and O–H groups in total. The van der Waals surface area contributed by atoms with Gasteiger partial charge in [0.1, 0.15) is 5.69 Å². The molecule has 39 heavy (non-hydrogen) atoms. The zero-order valence-corrected chi connectivity index (χ0v) is 20.6. The lowest BCUT2D eigenvalue weighted by molar-refractivity contribution is -0.387. The first-order valence-electron chi connectivity index (χ1n) is 12.4. The molecule has 0 spiro atoms. The van der Waals surface area contributed by atoms with E-state index < -0.39 is 39.5 Å². The maximum absolute atomic E-state index is 13.4. The van der Waals surface area contributed by atoms with E-state index >= 15 is 0 Å². The highest BCUT2D eigenvalue weighted by atomic mass is 19.4. The Hall–Kier alpha value is -4.48.